The number of amides is 1. The van der Waals surface area contributed by atoms with Crippen LogP contribution in [0, 0.1) is 0 Å². The molecule has 34 heavy (non-hydrogen) atoms. The Balaban J connectivity index is 0.00000241. The summed E-state index contributed by atoms with van der Waals surface area (Å²) in [7, 11) is 0. The molecular weight excluding hydrogens is 491 g/mol. The Morgan fingerprint density at radius 3 is 2.53 bits per heavy atom. The van der Waals surface area contributed by atoms with Gasteiger partial charge in [0.05, 0.1) is 16.4 Å². The molecule has 2 aliphatic carbocycles. The molecule has 1 saturated carbocycles. The summed E-state index contributed by atoms with van der Waals surface area (Å²) in [4.78, 5) is 13.3. The van der Waals surface area contributed by atoms with E-state index in [9.17, 15) is 4.79 Å². The Labute approximate surface area is 215 Å². The fraction of sp³-hybridized carbons (Fsp3) is 0.385. The van der Waals surface area contributed by atoms with E-state index in [1.54, 1.807) is 6.07 Å². The first kappa shape index (κ1) is 23.7. The molecule has 0 radical (unpaired) electrons. The Kier molecular flexibility index (Phi) is 6.64. The smallest absolute Gasteiger partial charge is 0.283 e. The molecular formula is C26H27Cl3N4O. The lowest BCUT2D eigenvalue weighted by Gasteiger charge is -2.26. The van der Waals surface area contributed by atoms with Gasteiger partial charge in [0.1, 0.15) is 0 Å². The molecule has 6 rings (SSSR count). The van der Waals surface area contributed by atoms with Crippen LogP contribution < -0.4 is 5.43 Å². The van der Waals surface area contributed by atoms with Crippen LogP contribution in [0.15, 0.2) is 36.4 Å². The van der Waals surface area contributed by atoms with E-state index in [0.29, 0.717) is 21.7 Å². The number of halogens is 3. The van der Waals surface area contributed by atoms with Crippen LogP contribution in [-0.4, -0.2) is 33.8 Å². The Hall–Kier alpha value is -2.05. The zero-order valence-electron chi connectivity index (χ0n) is 18.8. The molecule has 1 aromatic heterocycles. The summed E-state index contributed by atoms with van der Waals surface area (Å²) in [6.07, 6.45) is 7.67. The van der Waals surface area contributed by atoms with Gasteiger partial charge in [-0.2, -0.15) is 5.10 Å². The predicted octanol–water partition coefficient (Wildman–Crippen LogP) is 6.37. The van der Waals surface area contributed by atoms with Crippen molar-refractivity contribution in [1.29, 1.82) is 0 Å². The molecule has 3 aliphatic rings. The van der Waals surface area contributed by atoms with Gasteiger partial charge >= 0.3 is 0 Å². The zero-order chi connectivity index (χ0) is 22.5. The molecule has 2 heterocycles. The first-order valence-corrected chi connectivity index (χ1v) is 12.6. The van der Waals surface area contributed by atoms with Crippen LogP contribution in [0.25, 0.3) is 16.9 Å². The summed E-state index contributed by atoms with van der Waals surface area (Å²) < 4.78 is 1.84. The highest BCUT2D eigenvalue weighted by molar-refractivity contribution is 6.35. The number of hydrogen-bond donors (Lipinski definition) is 1. The maximum absolute atomic E-state index is 13.3. The van der Waals surface area contributed by atoms with Gasteiger partial charge in [-0.15, -0.1) is 12.4 Å². The molecule has 0 atom stereocenters. The molecule has 3 aromatic rings. The van der Waals surface area contributed by atoms with E-state index < -0.39 is 0 Å². The number of nitrogens with zero attached hydrogens (tertiary/aromatic N) is 3. The fourth-order valence-corrected chi connectivity index (χ4v) is 5.65. The van der Waals surface area contributed by atoms with Crippen LogP contribution in [0.4, 0.5) is 0 Å². The van der Waals surface area contributed by atoms with Crippen molar-refractivity contribution in [2.24, 2.45) is 0 Å². The number of benzene rings is 2. The summed E-state index contributed by atoms with van der Waals surface area (Å²) in [5, 5.41) is 7.94. The largest absolute Gasteiger partial charge is 0.286 e. The third-order valence-corrected chi connectivity index (χ3v) is 7.57. The molecule has 1 saturated heterocycles. The lowest BCUT2D eigenvalue weighted by molar-refractivity contribution is 0.0743. The maximum Gasteiger partial charge on any atom is 0.286 e. The number of fused-ring (bicyclic) bond motifs is 3. The highest BCUT2D eigenvalue weighted by atomic mass is 35.5. The second-order valence-electron chi connectivity index (χ2n) is 9.36. The van der Waals surface area contributed by atoms with Crippen molar-refractivity contribution in [3.8, 4) is 16.9 Å². The maximum atomic E-state index is 13.3. The van der Waals surface area contributed by atoms with E-state index in [1.165, 1.54) is 30.4 Å². The average molecular weight is 518 g/mol. The van der Waals surface area contributed by atoms with Gasteiger partial charge in [0, 0.05) is 29.2 Å². The lowest BCUT2D eigenvalue weighted by atomic mass is 9.87. The van der Waals surface area contributed by atoms with E-state index in [-0.39, 0.29) is 18.3 Å². The van der Waals surface area contributed by atoms with E-state index >= 15 is 0 Å². The van der Waals surface area contributed by atoms with Crippen LogP contribution in [0.5, 0.6) is 0 Å². The minimum Gasteiger partial charge on any atom is -0.283 e. The number of hydrogen-bond acceptors (Lipinski definition) is 3. The topological polar surface area (TPSA) is 50.2 Å². The summed E-state index contributed by atoms with van der Waals surface area (Å²) in [6.45, 7) is 1.76. The lowest BCUT2D eigenvalue weighted by Crippen LogP contribution is -2.45. The van der Waals surface area contributed by atoms with Crippen LogP contribution in [0.1, 0.15) is 65.2 Å². The van der Waals surface area contributed by atoms with Crippen molar-refractivity contribution in [2.45, 2.75) is 50.9 Å². The highest BCUT2D eigenvalue weighted by Crippen LogP contribution is 2.44. The van der Waals surface area contributed by atoms with Gasteiger partial charge < -0.3 is 0 Å². The van der Waals surface area contributed by atoms with Gasteiger partial charge in [0.2, 0.25) is 0 Å². The van der Waals surface area contributed by atoms with E-state index in [2.05, 4.69) is 23.6 Å². The van der Waals surface area contributed by atoms with Crippen molar-refractivity contribution >= 4 is 41.5 Å². The van der Waals surface area contributed by atoms with Gasteiger partial charge in [-0.25, -0.2) is 9.69 Å². The van der Waals surface area contributed by atoms with Gasteiger partial charge in [0.15, 0.2) is 5.69 Å². The van der Waals surface area contributed by atoms with Gasteiger partial charge in [-0.05, 0) is 73.8 Å². The Bertz CT molecular complexity index is 1250. The average Bonchev–Trinajstić information content (AvgIpc) is 3.60. The molecule has 0 bridgehead atoms. The fourth-order valence-electron chi connectivity index (χ4n) is 5.16. The monoisotopic (exact) mass is 516 g/mol. The van der Waals surface area contributed by atoms with E-state index in [4.69, 9.17) is 28.3 Å². The number of rotatable bonds is 4. The molecule has 1 N–H and O–H groups in total. The second-order valence-corrected chi connectivity index (χ2v) is 10.2. The molecule has 1 amide bonds. The third-order valence-electron chi connectivity index (χ3n) is 7.03. The molecule has 0 spiro atoms. The van der Waals surface area contributed by atoms with Crippen LogP contribution in [-0.2, 0) is 12.8 Å². The van der Waals surface area contributed by atoms with Crippen LogP contribution in [0.3, 0.4) is 0 Å². The quantitative estimate of drug-likeness (QED) is 0.437. The highest BCUT2D eigenvalue weighted by Gasteiger charge is 2.32. The third kappa shape index (κ3) is 4.35. The zero-order valence-corrected chi connectivity index (χ0v) is 21.1. The summed E-state index contributed by atoms with van der Waals surface area (Å²) in [5.74, 6) is 0.563. The van der Waals surface area contributed by atoms with Crippen LogP contribution in [0.2, 0.25) is 10.0 Å². The Morgan fingerprint density at radius 2 is 1.79 bits per heavy atom. The minimum absolute atomic E-state index is 0. The SMILES string of the molecule is Cl.O=C(NN1CCCCC1)c1nn(-c2ccc(Cl)cc2Cl)c2c1CCc1cc(C3CC3)ccc1-2. The van der Waals surface area contributed by atoms with E-state index in [0.717, 1.165) is 61.3 Å². The van der Waals surface area contributed by atoms with Crippen molar-refractivity contribution in [3.63, 3.8) is 0 Å². The minimum atomic E-state index is -0.143. The van der Waals surface area contributed by atoms with Crippen molar-refractivity contribution in [1.82, 2.24) is 20.2 Å². The van der Waals surface area contributed by atoms with Crippen LogP contribution >= 0.6 is 35.6 Å². The van der Waals surface area contributed by atoms with Gasteiger partial charge in [-0.1, -0.05) is 47.8 Å². The number of aryl methyl sites for hydroxylation is 1. The number of nitrogens with one attached hydrogen (secondary N) is 1. The van der Waals surface area contributed by atoms with Gasteiger partial charge in [-0.3, -0.25) is 10.2 Å². The molecule has 178 valence electrons. The predicted molar refractivity (Wildman–Crippen MR) is 139 cm³/mol. The molecule has 2 fully saturated rings. The summed E-state index contributed by atoms with van der Waals surface area (Å²) in [5.41, 5.74) is 10.1. The van der Waals surface area contributed by atoms with Crippen molar-refractivity contribution < 1.29 is 4.79 Å². The number of aromatic nitrogens is 2. The molecule has 5 nitrogen and oxygen atoms in total. The Morgan fingerprint density at radius 1 is 1.00 bits per heavy atom. The number of hydrazine groups is 1. The first-order chi connectivity index (χ1) is 16.1. The van der Waals surface area contributed by atoms with E-state index in [1.807, 2.05) is 21.8 Å². The first-order valence-electron chi connectivity index (χ1n) is 11.8. The second kappa shape index (κ2) is 9.54. The van der Waals surface area contributed by atoms with Gasteiger partial charge in [0.25, 0.3) is 5.91 Å². The standard InChI is InChI=1S/C26H26Cl2N4O.ClH/c27-19-8-11-23(22(28)15-19)32-25-20-9-6-17(16-4-5-16)14-18(20)7-10-21(25)24(29-32)26(33)30-31-12-2-1-3-13-31;/h6,8-9,11,14-16H,1-5,7,10,12-13H2,(H,30,33);1H. The number of carbonyl (C=O) groups is 1. The number of piperidine rings is 1. The summed E-state index contributed by atoms with van der Waals surface area (Å²) >= 11 is 12.8. The normalized spacial score (nSPS) is 17.5. The summed E-state index contributed by atoms with van der Waals surface area (Å²) in [6, 6.07) is 12.2. The molecule has 2 aromatic carbocycles. The molecule has 0 unspecified atom stereocenters. The molecule has 8 heteroatoms. The molecule has 1 aliphatic heterocycles. The van der Waals surface area contributed by atoms with Crippen molar-refractivity contribution in [2.75, 3.05) is 13.1 Å². The van der Waals surface area contributed by atoms with Crippen molar-refractivity contribution in [3.05, 3.63) is 68.8 Å². The number of carbonyl (C=O) groups excluding carboxylic acids is 1.